The van der Waals surface area contributed by atoms with Crippen molar-refractivity contribution in [3.63, 3.8) is 0 Å². The fourth-order valence-electron chi connectivity index (χ4n) is 19.4. The third kappa shape index (κ3) is 15.7. The molecule has 0 radical (unpaired) electrons. The van der Waals surface area contributed by atoms with E-state index in [9.17, 15) is 13.2 Å². The summed E-state index contributed by atoms with van der Waals surface area (Å²) in [6.45, 7) is 22.0. The molecule has 0 nitrogen and oxygen atoms in total. The van der Waals surface area contributed by atoms with Gasteiger partial charge in [-0.3, -0.25) is 0 Å². The van der Waals surface area contributed by atoms with Gasteiger partial charge in [-0.25, -0.2) is 0 Å². The molecule has 1 aliphatic carbocycles. The molecule has 0 bridgehead atoms. The van der Waals surface area contributed by atoms with Crippen LogP contribution in [0.2, 0.25) is 0 Å². The maximum absolute atomic E-state index is 13.1. The minimum atomic E-state index is -4.35. The summed E-state index contributed by atoms with van der Waals surface area (Å²) >= 11 is 0. The normalized spacial score (nSPS) is 12.1. The van der Waals surface area contributed by atoms with Crippen molar-refractivity contribution in [1.29, 1.82) is 0 Å². The quantitative estimate of drug-likeness (QED) is 0.133. The highest BCUT2D eigenvalue weighted by Gasteiger charge is 2.31. The van der Waals surface area contributed by atoms with Gasteiger partial charge in [0.2, 0.25) is 0 Å². The topological polar surface area (TPSA) is 0 Å². The second kappa shape index (κ2) is 33.7. The SMILES string of the molecule is Cc1ccc(-c2c3ccccc3c(-c3c(C)cc(C)cc3C)c3ccccc23)cc1.Cc1ccc(-c2c3ccccc3c(-c3ccc(C(C)(C)C)cc3)c3ccccc23)cc1.Cc1ccc(-c2c3ccccc3c(-c3ccc(C(F)(F)F)cc3)c3ccccc23)cc1.Cc1ccc(-c2c3ccccc3c(-c3cccc4c3CCCC4)c3ccccc23)cc1. The smallest absolute Gasteiger partial charge is 0.166 e. The van der Waals surface area contributed by atoms with E-state index < -0.39 is 11.7 Å². The van der Waals surface area contributed by atoms with E-state index in [4.69, 9.17) is 0 Å². The van der Waals surface area contributed by atoms with Crippen molar-refractivity contribution in [3.8, 4) is 89.0 Å². The Kier molecular flexibility index (Phi) is 22.0. The number of rotatable bonds is 8. The van der Waals surface area contributed by atoms with Gasteiger partial charge in [0, 0.05) is 0 Å². The number of benzene rings is 20. The molecule has 3 heteroatoms. The van der Waals surface area contributed by atoms with Crippen LogP contribution in [0.5, 0.6) is 0 Å². The highest BCUT2D eigenvalue weighted by molar-refractivity contribution is 6.26. The van der Waals surface area contributed by atoms with Gasteiger partial charge in [-0.1, -0.05) is 407 Å². The summed E-state index contributed by atoms with van der Waals surface area (Å²) < 4.78 is 39.3. The Morgan fingerprint density at radius 1 is 0.203 bits per heavy atom. The van der Waals surface area contributed by atoms with Crippen molar-refractivity contribution < 1.29 is 13.2 Å². The summed E-state index contributed by atoms with van der Waals surface area (Å²) in [4.78, 5) is 0. The zero-order chi connectivity index (χ0) is 84.8. The Labute approximate surface area is 721 Å². The number of alkyl halides is 3. The molecule has 0 atom stereocenters. The maximum atomic E-state index is 13.1. The van der Waals surface area contributed by atoms with Gasteiger partial charge >= 0.3 is 6.18 Å². The first kappa shape index (κ1) is 80.3. The Morgan fingerprint density at radius 2 is 0.431 bits per heavy atom. The third-order valence-corrected chi connectivity index (χ3v) is 25.2. The van der Waals surface area contributed by atoms with Gasteiger partial charge in [0.15, 0.2) is 0 Å². The van der Waals surface area contributed by atoms with Crippen molar-refractivity contribution in [2.45, 2.75) is 107 Å². The molecule has 0 aliphatic heterocycles. The standard InChI is InChI=1S/C31H26.C31H28.C30H26.C28H19F3/c1-21-17-19-23(20-18-21)30-26-12-4-6-14-28(26)31(29-15-7-5-13-27(29)30)25-16-8-10-22-9-2-3-11-24(22)25;1-21-13-15-22(16-14-21)29-25-9-5-7-11-27(25)30(28-12-8-6-10-26(28)29)23-17-19-24(20-18-23)31(2,3)4;1-19-13-15-23(16-14-19)29-24-9-5-7-11-26(24)30(27-12-8-6-10-25(27)29)28-21(3)17-20(2)18-22(28)4;1-18-10-12-19(13-11-18)26-22-6-2-4-8-24(22)27(25-9-5-3-7-23(25)26)20-14-16-21(17-15-20)28(29,30)31/h4-8,10,12-20H,2-3,9,11H2,1H3;5-20H,1-4H3;5-18H,1-4H3;2-17H,1H3. The summed E-state index contributed by atoms with van der Waals surface area (Å²) in [5, 5.41) is 20.1. The summed E-state index contributed by atoms with van der Waals surface area (Å²) in [6.07, 6.45) is 0.651. The summed E-state index contributed by atoms with van der Waals surface area (Å²) in [5.74, 6) is 0. The van der Waals surface area contributed by atoms with Crippen LogP contribution in [0, 0.1) is 48.5 Å². The van der Waals surface area contributed by atoms with E-state index in [0.29, 0.717) is 0 Å². The van der Waals surface area contributed by atoms with Crippen molar-refractivity contribution in [2.75, 3.05) is 0 Å². The average Bonchev–Trinajstić information content (AvgIpc) is 0.751. The van der Waals surface area contributed by atoms with Crippen LogP contribution in [0.1, 0.15) is 94.8 Å². The first-order chi connectivity index (χ1) is 59.7. The van der Waals surface area contributed by atoms with Crippen LogP contribution >= 0.6 is 0 Å². The molecule has 0 saturated heterocycles. The Balaban J connectivity index is 0.000000112. The summed E-state index contributed by atoms with van der Waals surface area (Å²) in [6, 6.07) is 131. The van der Waals surface area contributed by atoms with Crippen LogP contribution < -0.4 is 0 Å². The van der Waals surface area contributed by atoms with E-state index in [1.54, 1.807) is 23.3 Å². The van der Waals surface area contributed by atoms with E-state index in [0.717, 1.165) is 55.9 Å². The molecule has 123 heavy (non-hydrogen) atoms. The lowest BCUT2D eigenvalue weighted by atomic mass is 9.81. The molecular formula is C120H99F3. The van der Waals surface area contributed by atoms with E-state index in [-0.39, 0.29) is 5.41 Å². The lowest BCUT2D eigenvalue weighted by Gasteiger charge is -2.23. The van der Waals surface area contributed by atoms with Gasteiger partial charge in [0.1, 0.15) is 0 Å². The molecular weight excluding hydrogens is 1500 g/mol. The molecule has 20 aromatic carbocycles. The molecule has 0 saturated carbocycles. The number of hydrogen-bond donors (Lipinski definition) is 0. The summed E-state index contributed by atoms with van der Waals surface area (Å²) in [7, 11) is 0. The molecule has 600 valence electrons. The first-order valence-electron chi connectivity index (χ1n) is 43.2. The molecule has 0 heterocycles. The van der Waals surface area contributed by atoms with Gasteiger partial charge in [-0.2, -0.15) is 13.2 Å². The highest BCUT2D eigenvalue weighted by atomic mass is 19.4. The lowest BCUT2D eigenvalue weighted by Crippen LogP contribution is -2.10. The largest absolute Gasteiger partial charge is 0.416 e. The van der Waals surface area contributed by atoms with E-state index in [2.05, 4.69) is 379 Å². The number of hydrogen-bond acceptors (Lipinski definition) is 0. The molecule has 21 rings (SSSR count). The fourth-order valence-corrected chi connectivity index (χ4v) is 19.4. The second-order valence-corrected chi connectivity index (χ2v) is 34.7. The van der Waals surface area contributed by atoms with Crippen molar-refractivity contribution >= 4 is 86.2 Å². The predicted octanol–water partition coefficient (Wildman–Crippen LogP) is 34.7. The van der Waals surface area contributed by atoms with Gasteiger partial charge < -0.3 is 0 Å². The minimum absolute atomic E-state index is 0.151. The minimum Gasteiger partial charge on any atom is -0.166 e. The summed E-state index contributed by atoms with van der Waals surface area (Å²) in [5.41, 5.74) is 33.0. The van der Waals surface area contributed by atoms with Crippen LogP contribution in [0.15, 0.2) is 370 Å². The molecule has 0 N–H and O–H groups in total. The molecule has 0 spiro atoms. The van der Waals surface area contributed by atoms with Gasteiger partial charge in [0.25, 0.3) is 0 Å². The second-order valence-electron chi connectivity index (χ2n) is 34.7. The molecule has 0 aromatic heterocycles. The Morgan fingerprint density at radius 3 is 0.683 bits per heavy atom. The van der Waals surface area contributed by atoms with Crippen molar-refractivity contribution in [2.24, 2.45) is 0 Å². The van der Waals surface area contributed by atoms with Crippen LogP contribution in [0.25, 0.3) is 175 Å². The van der Waals surface area contributed by atoms with E-state index >= 15 is 0 Å². The maximum Gasteiger partial charge on any atom is 0.416 e. The Bertz CT molecular complexity index is 6910. The number of fused-ring (bicyclic) bond motifs is 9. The van der Waals surface area contributed by atoms with Gasteiger partial charge in [0.05, 0.1) is 5.56 Å². The van der Waals surface area contributed by atoms with Crippen molar-refractivity contribution in [1.82, 2.24) is 0 Å². The number of aryl methyl sites for hydroxylation is 8. The van der Waals surface area contributed by atoms with Crippen LogP contribution in [-0.2, 0) is 24.4 Å². The first-order valence-corrected chi connectivity index (χ1v) is 43.2. The molecule has 0 fully saturated rings. The van der Waals surface area contributed by atoms with Crippen molar-refractivity contribution in [3.05, 3.63) is 431 Å². The van der Waals surface area contributed by atoms with Gasteiger partial charge in [-0.15, -0.1) is 0 Å². The fraction of sp³-hybridized carbons (Fsp3) is 0.133. The van der Waals surface area contributed by atoms with Crippen LogP contribution in [-0.4, -0.2) is 0 Å². The molecule has 0 amide bonds. The Hall–Kier alpha value is -13.7. The monoisotopic (exact) mass is 1600 g/mol. The van der Waals surface area contributed by atoms with Gasteiger partial charge in [-0.05, 0) is 295 Å². The highest BCUT2D eigenvalue weighted by Crippen LogP contribution is 2.51. The predicted molar refractivity (Wildman–Crippen MR) is 523 cm³/mol. The molecule has 20 aromatic rings. The lowest BCUT2D eigenvalue weighted by molar-refractivity contribution is -0.137. The van der Waals surface area contributed by atoms with E-state index in [1.165, 1.54) is 202 Å². The average molecular weight is 1600 g/mol. The number of halogens is 3. The van der Waals surface area contributed by atoms with Crippen LogP contribution in [0.4, 0.5) is 13.2 Å². The zero-order valence-corrected chi connectivity index (χ0v) is 71.7. The third-order valence-electron chi connectivity index (χ3n) is 25.2. The molecule has 1 aliphatic rings. The molecule has 0 unspecified atom stereocenters. The van der Waals surface area contributed by atoms with E-state index in [1.807, 2.05) is 36.4 Å². The zero-order valence-electron chi connectivity index (χ0n) is 71.7. The van der Waals surface area contributed by atoms with Crippen LogP contribution in [0.3, 0.4) is 0 Å².